The van der Waals surface area contributed by atoms with Gasteiger partial charge < -0.3 is 10.2 Å². The van der Waals surface area contributed by atoms with Crippen LogP contribution >= 0.6 is 0 Å². The minimum atomic E-state index is -0.647. The summed E-state index contributed by atoms with van der Waals surface area (Å²) >= 11 is 0. The average Bonchev–Trinajstić information content (AvgIpc) is 3.07. The number of rotatable bonds is 9. The highest BCUT2D eigenvalue weighted by atomic mass is 16.3. The molecule has 1 aliphatic heterocycles. The third-order valence-corrected chi connectivity index (χ3v) is 5.62. The summed E-state index contributed by atoms with van der Waals surface area (Å²) in [6.45, 7) is 0.419. The number of hydrogen-bond acceptors (Lipinski definition) is 3. The normalized spacial score (nSPS) is 21.8. The van der Waals surface area contributed by atoms with Crippen molar-refractivity contribution in [1.29, 1.82) is 0 Å². The largest absolute Gasteiger partial charge is 0.394 e. The van der Waals surface area contributed by atoms with Crippen LogP contribution in [0.2, 0.25) is 0 Å². The Balaban J connectivity index is 1.59. The van der Waals surface area contributed by atoms with Crippen LogP contribution in [-0.4, -0.2) is 46.5 Å². The number of hydrogen-bond donors (Lipinski definition) is 2. The van der Waals surface area contributed by atoms with E-state index < -0.39 is 6.10 Å². The van der Waals surface area contributed by atoms with Gasteiger partial charge in [-0.05, 0) is 49.7 Å². The topological polar surface area (TPSA) is 43.7 Å². The third-order valence-electron chi connectivity index (χ3n) is 5.62. The summed E-state index contributed by atoms with van der Waals surface area (Å²) in [6.07, 6.45) is 6.10. The summed E-state index contributed by atoms with van der Waals surface area (Å²) in [5, 5.41) is 19.3. The maximum absolute atomic E-state index is 10.0. The van der Waals surface area contributed by atoms with Crippen LogP contribution in [0.3, 0.4) is 0 Å². The minimum absolute atomic E-state index is 0.159. The standard InChI is InChI=1S/C23H31NO2/c25-18-23(26)17-24-21(13-11-19-7-3-1-4-8-19)15-16-22(24)14-12-20-9-5-2-6-10-20/h1-10,21-23,25-26H,11-18H2/t21?,22?,23-/m1/s1. The van der Waals surface area contributed by atoms with Crippen LogP contribution in [0.1, 0.15) is 36.8 Å². The first kappa shape index (κ1) is 19.1. The highest BCUT2D eigenvalue weighted by Crippen LogP contribution is 2.30. The van der Waals surface area contributed by atoms with E-state index in [1.165, 1.54) is 24.0 Å². The van der Waals surface area contributed by atoms with Gasteiger partial charge in [-0.3, -0.25) is 4.90 Å². The molecular weight excluding hydrogens is 322 g/mol. The van der Waals surface area contributed by atoms with Gasteiger partial charge in [-0.2, -0.15) is 0 Å². The SMILES string of the molecule is OC[C@H](O)CN1C(CCc2ccccc2)CCC1CCc1ccccc1. The van der Waals surface area contributed by atoms with Crippen molar-refractivity contribution in [2.75, 3.05) is 13.2 Å². The van der Waals surface area contributed by atoms with Crippen molar-refractivity contribution < 1.29 is 10.2 Å². The Kier molecular flexibility index (Phi) is 7.24. The quantitative estimate of drug-likeness (QED) is 0.726. The lowest BCUT2D eigenvalue weighted by Crippen LogP contribution is -2.42. The van der Waals surface area contributed by atoms with E-state index in [1.54, 1.807) is 0 Å². The molecule has 0 spiro atoms. The summed E-state index contributed by atoms with van der Waals surface area (Å²) < 4.78 is 0. The Hall–Kier alpha value is -1.68. The number of β-amino-alcohol motifs (C(OH)–C–C–N with tert-alkyl or cyclic N) is 1. The maximum atomic E-state index is 10.0. The van der Waals surface area contributed by atoms with E-state index in [0.717, 1.165) is 25.7 Å². The number of aliphatic hydroxyl groups is 2. The summed E-state index contributed by atoms with van der Waals surface area (Å²) in [6, 6.07) is 22.3. The first-order valence-electron chi connectivity index (χ1n) is 9.89. The molecule has 3 rings (SSSR count). The monoisotopic (exact) mass is 353 g/mol. The molecule has 0 bridgehead atoms. The zero-order valence-corrected chi connectivity index (χ0v) is 15.5. The van der Waals surface area contributed by atoms with E-state index in [0.29, 0.717) is 18.6 Å². The second-order valence-corrected chi connectivity index (χ2v) is 7.47. The van der Waals surface area contributed by atoms with Crippen LogP contribution in [-0.2, 0) is 12.8 Å². The molecule has 3 atom stereocenters. The van der Waals surface area contributed by atoms with Crippen molar-refractivity contribution in [2.45, 2.75) is 56.7 Å². The van der Waals surface area contributed by atoms with Gasteiger partial charge in [0.05, 0.1) is 12.7 Å². The molecule has 3 heteroatoms. The Morgan fingerprint density at radius 2 is 1.27 bits per heavy atom. The summed E-state index contributed by atoms with van der Waals surface area (Å²) in [7, 11) is 0. The van der Waals surface area contributed by atoms with E-state index in [2.05, 4.69) is 65.6 Å². The van der Waals surface area contributed by atoms with E-state index >= 15 is 0 Å². The van der Waals surface area contributed by atoms with Gasteiger partial charge in [-0.1, -0.05) is 60.7 Å². The van der Waals surface area contributed by atoms with Crippen LogP contribution in [0, 0.1) is 0 Å². The molecule has 0 saturated carbocycles. The van der Waals surface area contributed by atoms with Gasteiger partial charge in [-0.15, -0.1) is 0 Å². The molecule has 2 unspecified atom stereocenters. The third kappa shape index (κ3) is 5.41. The van der Waals surface area contributed by atoms with Crippen molar-refractivity contribution in [2.24, 2.45) is 0 Å². The number of aliphatic hydroxyl groups excluding tert-OH is 2. The van der Waals surface area contributed by atoms with Gasteiger partial charge >= 0.3 is 0 Å². The van der Waals surface area contributed by atoms with Crippen LogP contribution in [0.25, 0.3) is 0 Å². The zero-order chi connectivity index (χ0) is 18.2. The lowest BCUT2D eigenvalue weighted by Gasteiger charge is -2.32. The molecule has 0 aliphatic carbocycles. The lowest BCUT2D eigenvalue weighted by molar-refractivity contribution is 0.0393. The number of benzene rings is 2. The molecule has 1 heterocycles. The summed E-state index contributed by atoms with van der Waals surface area (Å²) in [5.41, 5.74) is 2.76. The lowest BCUT2D eigenvalue weighted by atomic mass is 10.0. The molecule has 1 saturated heterocycles. The number of nitrogens with zero attached hydrogens (tertiary/aromatic N) is 1. The average molecular weight is 354 g/mol. The molecule has 3 nitrogen and oxygen atoms in total. The Labute approximate surface area is 157 Å². The second-order valence-electron chi connectivity index (χ2n) is 7.47. The van der Waals surface area contributed by atoms with Crippen LogP contribution in [0.15, 0.2) is 60.7 Å². The van der Waals surface area contributed by atoms with Crippen LogP contribution < -0.4 is 0 Å². The van der Waals surface area contributed by atoms with Gasteiger partial charge in [0.1, 0.15) is 0 Å². The molecule has 2 N–H and O–H groups in total. The molecule has 140 valence electrons. The van der Waals surface area contributed by atoms with E-state index in [4.69, 9.17) is 0 Å². The van der Waals surface area contributed by atoms with Crippen LogP contribution in [0.4, 0.5) is 0 Å². The molecule has 1 aliphatic rings. The summed E-state index contributed by atoms with van der Waals surface area (Å²) in [5.74, 6) is 0. The second kappa shape index (κ2) is 9.86. The van der Waals surface area contributed by atoms with Gasteiger partial charge in [0, 0.05) is 18.6 Å². The smallest absolute Gasteiger partial charge is 0.0897 e. The van der Waals surface area contributed by atoms with Crippen molar-refractivity contribution in [3.63, 3.8) is 0 Å². The van der Waals surface area contributed by atoms with Crippen molar-refractivity contribution in [1.82, 2.24) is 4.90 Å². The molecule has 0 radical (unpaired) electrons. The highest BCUT2D eigenvalue weighted by Gasteiger charge is 2.33. The van der Waals surface area contributed by atoms with Crippen molar-refractivity contribution in [3.05, 3.63) is 71.8 Å². The molecule has 26 heavy (non-hydrogen) atoms. The van der Waals surface area contributed by atoms with Crippen molar-refractivity contribution >= 4 is 0 Å². The predicted octanol–water partition coefficient (Wildman–Crippen LogP) is 3.44. The fourth-order valence-corrected chi connectivity index (χ4v) is 4.19. The first-order chi connectivity index (χ1) is 12.8. The Morgan fingerprint density at radius 1 is 0.808 bits per heavy atom. The number of aryl methyl sites for hydroxylation is 2. The molecule has 0 aromatic heterocycles. The Morgan fingerprint density at radius 3 is 1.69 bits per heavy atom. The van der Waals surface area contributed by atoms with Gasteiger partial charge in [-0.25, -0.2) is 0 Å². The molecule has 2 aromatic rings. The zero-order valence-electron chi connectivity index (χ0n) is 15.5. The molecule has 1 fully saturated rings. The number of likely N-dealkylation sites (tertiary alicyclic amines) is 1. The fourth-order valence-electron chi connectivity index (χ4n) is 4.19. The van der Waals surface area contributed by atoms with Crippen LogP contribution in [0.5, 0.6) is 0 Å². The first-order valence-corrected chi connectivity index (χ1v) is 9.89. The summed E-state index contributed by atoms with van der Waals surface area (Å²) in [4.78, 5) is 2.47. The molecule has 2 aromatic carbocycles. The minimum Gasteiger partial charge on any atom is -0.394 e. The van der Waals surface area contributed by atoms with E-state index in [1.807, 2.05) is 0 Å². The van der Waals surface area contributed by atoms with E-state index in [9.17, 15) is 10.2 Å². The van der Waals surface area contributed by atoms with Gasteiger partial charge in [0.2, 0.25) is 0 Å². The highest BCUT2D eigenvalue weighted by molar-refractivity contribution is 5.16. The Bertz CT molecular complexity index is 580. The van der Waals surface area contributed by atoms with E-state index in [-0.39, 0.29) is 6.61 Å². The molecule has 0 amide bonds. The van der Waals surface area contributed by atoms with Gasteiger partial charge in [0.25, 0.3) is 0 Å². The maximum Gasteiger partial charge on any atom is 0.0897 e. The van der Waals surface area contributed by atoms with Crippen molar-refractivity contribution in [3.8, 4) is 0 Å². The molecular formula is C23H31NO2. The van der Waals surface area contributed by atoms with Gasteiger partial charge in [0.15, 0.2) is 0 Å². The predicted molar refractivity (Wildman–Crippen MR) is 106 cm³/mol. The fraction of sp³-hybridized carbons (Fsp3) is 0.478.